The number of Topliss-reactive ketones (excluding diaryl/α,β-unsaturated/α-hetero) is 1. The molecule has 2 fully saturated rings. The highest BCUT2D eigenvalue weighted by atomic mass is 31.2. The van der Waals surface area contributed by atoms with Crippen LogP contribution in [0, 0.1) is 28.6 Å². The number of β-lactam (4-membered cyclic amide) rings is 1. The maximum Gasteiger partial charge on any atom is 0.412 e. The van der Waals surface area contributed by atoms with E-state index < -0.39 is 60.1 Å². The summed E-state index contributed by atoms with van der Waals surface area (Å²) in [5, 5.41) is 2.55. The quantitative estimate of drug-likeness (QED) is 0.0294. The molecule has 2 heterocycles. The number of hydrogen-bond acceptors (Lipinski definition) is 8. The van der Waals surface area contributed by atoms with Crippen LogP contribution in [-0.4, -0.2) is 95.2 Å². The first-order chi connectivity index (χ1) is 31.1. The van der Waals surface area contributed by atoms with Gasteiger partial charge in [0.15, 0.2) is 29.6 Å². The minimum atomic E-state index is -3.27. The summed E-state index contributed by atoms with van der Waals surface area (Å²) in [6.45, 7) is 27.8. The van der Waals surface area contributed by atoms with Crippen molar-refractivity contribution in [1.82, 2.24) is 9.80 Å². The number of likely N-dealkylation sites (tertiary alicyclic amines) is 2. The number of allylic oxidation sites excluding steroid dienone is 1. The Bertz CT molecular complexity index is 2180. The summed E-state index contributed by atoms with van der Waals surface area (Å²) >= 11 is 0. The summed E-state index contributed by atoms with van der Waals surface area (Å²) in [5.74, 6) is -2.10. The summed E-state index contributed by atoms with van der Waals surface area (Å²) in [7, 11) is -3.41. The molecule has 2 amide bonds. The highest BCUT2D eigenvalue weighted by Gasteiger charge is 2.59. The van der Waals surface area contributed by atoms with Crippen LogP contribution >= 0.6 is 6.89 Å². The van der Waals surface area contributed by atoms with Crippen LogP contribution in [0.3, 0.4) is 0 Å². The third kappa shape index (κ3) is 11.4. The number of esters is 1. The first-order valence-electron chi connectivity index (χ1n) is 23.3. The molecule has 0 saturated carbocycles. The van der Waals surface area contributed by atoms with Gasteiger partial charge in [0.25, 0.3) is 0 Å². The summed E-state index contributed by atoms with van der Waals surface area (Å²) < 4.78 is 25.0. The van der Waals surface area contributed by atoms with Gasteiger partial charge in [-0.1, -0.05) is 158 Å². The Morgan fingerprint density at radius 3 is 1.74 bits per heavy atom. The number of amides is 2. The number of ketones is 1. The van der Waals surface area contributed by atoms with Gasteiger partial charge in [0.05, 0.1) is 12.0 Å². The average Bonchev–Trinajstić information content (AvgIpc) is 3.65. The zero-order valence-electron chi connectivity index (χ0n) is 41.1. The SMILES string of the molecule is C=CCOC(=O)C(N1C(=O)[C@@H]([C@@H](CO[SiH](C)C)C(C)(C)C)[C@H]1CC(=O)C(C)=C[C@@]1(O[SiH](C)C)C[C@H](C(C)(C)C)CN1C(=O)OCC=C)=P(c1ccccc1)(c1ccccc1)c1ccccc1. The van der Waals surface area contributed by atoms with E-state index in [4.69, 9.17) is 18.3 Å². The number of ether oxygens (including phenoxy) is 2. The molecular formula is C53H73N2O8PSi2. The van der Waals surface area contributed by atoms with Crippen molar-refractivity contribution < 1.29 is 37.5 Å². The second-order valence-electron chi connectivity index (χ2n) is 20.3. The van der Waals surface area contributed by atoms with E-state index >= 15 is 14.4 Å². The predicted octanol–water partition coefficient (Wildman–Crippen LogP) is 8.62. The minimum Gasteiger partial charge on any atom is -0.457 e. The molecule has 0 radical (unpaired) electrons. The number of benzene rings is 3. The van der Waals surface area contributed by atoms with Crippen LogP contribution in [0.1, 0.15) is 61.3 Å². The molecule has 66 heavy (non-hydrogen) atoms. The molecule has 2 aliphatic rings. The second-order valence-corrected chi connectivity index (χ2v) is 28.3. The van der Waals surface area contributed by atoms with Crippen molar-refractivity contribution in [2.45, 2.75) is 99.3 Å². The van der Waals surface area contributed by atoms with Crippen LogP contribution in [0.25, 0.3) is 0 Å². The van der Waals surface area contributed by atoms with E-state index in [1.807, 2.05) is 110 Å². The first kappa shape index (κ1) is 52.4. The van der Waals surface area contributed by atoms with Crippen molar-refractivity contribution in [3.63, 3.8) is 0 Å². The molecule has 2 saturated heterocycles. The van der Waals surface area contributed by atoms with Gasteiger partial charge in [-0.15, -0.1) is 0 Å². The molecule has 13 heteroatoms. The Hall–Kier alpha value is -4.59. The van der Waals surface area contributed by atoms with Gasteiger partial charge in [-0.05, 0) is 83.3 Å². The van der Waals surface area contributed by atoms with Gasteiger partial charge in [-0.25, -0.2) is 9.59 Å². The van der Waals surface area contributed by atoms with E-state index in [2.05, 4.69) is 67.8 Å². The fraction of sp³-hybridized carbons (Fsp3) is 0.453. The van der Waals surface area contributed by atoms with Gasteiger partial charge in [-0.3, -0.25) is 14.5 Å². The lowest BCUT2D eigenvalue weighted by Gasteiger charge is -2.54. The van der Waals surface area contributed by atoms with Gasteiger partial charge in [0.1, 0.15) is 18.6 Å². The zero-order valence-corrected chi connectivity index (χ0v) is 44.3. The van der Waals surface area contributed by atoms with Crippen LogP contribution in [0.4, 0.5) is 4.79 Å². The van der Waals surface area contributed by atoms with Crippen molar-refractivity contribution >= 4 is 70.1 Å². The maximum atomic E-state index is 15.6. The Kier molecular flexibility index (Phi) is 17.5. The standard InChI is InChI=1S/C53H73N2O8PSi2/c1-14-31-60-49(58)48(64(40-25-19-16-20-26-40,41-27-21-17-22-28-41)42-29-23-18-24-30-42)55-44(46(47(55)57)43(52(7,8)9)37-62-65(10)11)33-45(56)38(3)34-53(63-66(12)13)35-39(51(4,5)6)36-54(53)50(59)61-32-15-2/h14-30,34,39,43-44,46,65-66H,1-2,31-33,35-37H2,3-13H3/t39-,43+,44+,46-,53+/m0/s1. The van der Waals surface area contributed by atoms with Gasteiger partial charge in [0, 0.05) is 32.9 Å². The number of carbonyl (C=O) groups is 4. The van der Waals surface area contributed by atoms with Gasteiger partial charge in [0.2, 0.25) is 5.91 Å². The molecule has 0 N–H and O–H groups in total. The van der Waals surface area contributed by atoms with Crippen molar-refractivity contribution in [2.24, 2.45) is 28.6 Å². The molecule has 0 aliphatic carbocycles. The molecule has 0 unspecified atom stereocenters. The topological polar surface area (TPSA) is 112 Å². The molecule has 0 aromatic heterocycles. The third-order valence-corrected chi connectivity index (χ3v) is 18.8. The molecule has 0 bridgehead atoms. The molecule has 3 aromatic carbocycles. The fourth-order valence-corrected chi connectivity index (χ4v) is 15.5. The number of carbonyl (C=O) groups excluding carboxylic acids is 4. The fourth-order valence-electron chi connectivity index (χ4n) is 9.42. The van der Waals surface area contributed by atoms with Crippen molar-refractivity contribution in [1.29, 1.82) is 0 Å². The number of hydrogen-bond donors (Lipinski definition) is 0. The molecule has 2 aliphatic heterocycles. The molecule has 5 atom stereocenters. The third-order valence-electron chi connectivity index (χ3n) is 12.8. The molecule has 10 nitrogen and oxygen atoms in total. The van der Waals surface area contributed by atoms with Crippen LogP contribution in [0.2, 0.25) is 26.2 Å². The van der Waals surface area contributed by atoms with E-state index in [1.54, 1.807) is 16.7 Å². The van der Waals surface area contributed by atoms with Crippen LogP contribution in [-0.2, 0) is 32.7 Å². The van der Waals surface area contributed by atoms with E-state index in [0.717, 1.165) is 15.9 Å². The van der Waals surface area contributed by atoms with E-state index in [0.29, 0.717) is 25.1 Å². The molecule has 356 valence electrons. The van der Waals surface area contributed by atoms with Crippen molar-refractivity contribution in [3.8, 4) is 0 Å². The Labute approximate surface area is 397 Å². The van der Waals surface area contributed by atoms with E-state index in [9.17, 15) is 4.79 Å². The molecular weight excluding hydrogens is 880 g/mol. The van der Waals surface area contributed by atoms with Crippen LogP contribution < -0.4 is 15.9 Å². The lowest BCUT2D eigenvalue weighted by molar-refractivity contribution is -0.160. The summed E-state index contributed by atoms with van der Waals surface area (Å²) in [6.07, 6.45) is 4.69. The normalized spacial score (nSPS) is 20.8. The monoisotopic (exact) mass is 952 g/mol. The lowest BCUT2D eigenvalue weighted by Crippen LogP contribution is -2.69. The number of rotatable bonds is 19. The minimum absolute atomic E-state index is 0.0321. The first-order valence-corrected chi connectivity index (χ1v) is 30.6. The van der Waals surface area contributed by atoms with Crippen LogP contribution in [0.5, 0.6) is 0 Å². The van der Waals surface area contributed by atoms with Crippen LogP contribution in [0.15, 0.2) is 128 Å². The largest absolute Gasteiger partial charge is 0.457 e. The van der Waals surface area contributed by atoms with E-state index in [-0.39, 0.29) is 54.0 Å². The van der Waals surface area contributed by atoms with Crippen molar-refractivity contribution in [3.05, 3.63) is 128 Å². The van der Waals surface area contributed by atoms with Crippen molar-refractivity contribution in [2.75, 3.05) is 26.4 Å². The van der Waals surface area contributed by atoms with Gasteiger partial charge < -0.3 is 23.2 Å². The zero-order chi connectivity index (χ0) is 48.6. The van der Waals surface area contributed by atoms with E-state index in [1.165, 1.54) is 12.2 Å². The second kappa shape index (κ2) is 22.0. The van der Waals surface area contributed by atoms with Gasteiger partial charge >= 0.3 is 12.1 Å². The Morgan fingerprint density at radius 1 is 0.803 bits per heavy atom. The molecule has 0 spiro atoms. The Balaban J connectivity index is 1.82. The summed E-state index contributed by atoms with van der Waals surface area (Å²) in [5.41, 5.74) is -1.26. The maximum absolute atomic E-state index is 15.6. The predicted molar refractivity (Wildman–Crippen MR) is 275 cm³/mol. The Morgan fingerprint density at radius 2 is 1.30 bits per heavy atom. The highest BCUT2D eigenvalue weighted by Crippen LogP contribution is 2.52. The lowest BCUT2D eigenvalue weighted by atomic mass is 9.65. The van der Waals surface area contributed by atoms with Gasteiger partial charge in [-0.2, -0.15) is 0 Å². The average molecular weight is 953 g/mol. The highest BCUT2D eigenvalue weighted by molar-refractivity contribution is 7.96. The molecule has 3 aromatic rings. The smallest absolute Gasteiger partial charge is 0.412 e. The molecule has 5 rings (SSSR count). The summed E-state index contributed by atoms with van der Waals surface area (Å²) in [6, 6.07) is 28.8. The number of nitrogens with zero attached hydrogens (tertiary/aromatic N) is 2. The summed E-state index contributed by atoms with van der Waals surface area (Å²) in [4.78, 5) is 63.4.